The van der Waals surface area contributed by atoms with E-state index >= 15 is 0 Å². The van der Waals surface area contributed by atoms with Crippen molar-refractivity contribution in [2.24, 2.45) is 0 Å². The van der Waals surface area contributed by atoms with Crippen molar-refractivity contribution in [3.8, 4) is 0 Å². The van der Waals surface area contributed by atoms with Crippen molar-refractivity contribution in [1.29, 1.82) is 0 Å². The van der Waals surface area contributed by atoms with E-state index in [9.17, 15) is 4.79 Å². The predicted molar refractivity (Wildman–Crippen MR) is 95.3 cm³/mol. The van der Waals surface area contributed by atoms with Crippen molar-refractivity contribution in [3.05, 3.63) is 62.7 Å². The van der Waals surface area contributed by atoms with Crippen LogP contribution in [0.4, 0.5) is 5.69 Å². The van der Waals surface area contributed by atoms with Crippen molar-refractivity contribution in [2.75, 3.05) is 12.8 Å². The van der Waals surface area contributed by atoms with Crippen LogP contribution < -0.4 is 5.73 Å². The molecule has 0 aliphatic carbocycles. The highest BCUT2D eigenvalue weighted by atomic mass is 127. The van der Waals surface area contributed by atoms with Crippen LogP contribution in [0, 0.1) is 10.5 Å². The van der Waals surface area contributed by atoms with Gasteiger partial charge in [0.25, 0.3) is 5.91 Å². The van der Waals surface area contributed by atoms with Crippen LogP contribution >= 0.6 is 22.6 Å². The average Bonchev–Trinajstić information content (AvgIpc) is 2.48. The molecule has 0 saturated carbocycles. The van der Waals surface area contributed by atoms with Crippen molar-refractivity contribution >= 4 is 34.2 Å². The van der Waals surface area contributed by atoms with E-state index in [0.29, 0.717) is 5.69 Å². The van der Waals surface area contributed by atoms with E-state index in [1.165, 1.54) is 0 Å². The minimum Gasteiger partial charge on any atom is -0.399 e. The summed E-state index contributed by atoms with van der Waals surface area (Å²) >= 11 is 2.23. The summed E-state index contributed by atoms with van der Waals surface area (Å²) in [6.07, 6.45) is 0. The van der Waals surface area contributed by atoms with Gasteiger partial charge in [0, 0.05) is 16.3 Å². The Morgan fingerprint density at radius 3 is 2.57 bits per heavy atom. The number of rotatable bonds is 3. The first-order chi connectivity index (χ1) is 9.91. The fourth-order valence-electron chi connectivity index (χ4n) is 2.22. The zero-order chi connectivity index (χ0) is 15.6. The van der Waals surface area contributed by atoms with E-state index < -0.39 is 0 Å². The predicted octanol–water partition coefficient (Wildman–Crippen LogP) is 4.02. The number of carbonyl (C=O) groups is 1. The van der Waals surface area contributed by atoms with E-state index in [1.807, 2.05) is 63.4 Å². The third-order valence-corrected chi connectivity index (χ3v) is 5.15. The number of nitrogen functional groups attached to an aromatic ring is 1. The Bertz CT molecular complexity index is 670. The highest BCUT2D eigenvalue weighted by Gasteiger charge is 2.21. The van der Waals surface area contributed by atoms with E-state index in [0.717, 1.165) is 20.3 Å². The van der Waals surface area contributed by atoms with Crippen LogP contribution in [-0.2, 0) is 0 Å². The van der Waals surface area contributed by atoms with Crippen LogP contribution in [0.1, 0.15) is 34.5 Å². The minimum absolute atomic E-state index is 0.0259. The molecule has 110 valence electrons. The summed E-state index contributed by atoms with van der Waals surface area (Å²) in [5.74, 6) is 0.0259. The minimum atomic E-state index is -0.0303. The Labute approximate surface area is 139 Å². The molecule has 2 aromatic carbocycles. The lowest BCUT2D eigenvalue weighted by atomic mass is 10.0. The average molecular weight is 394 g/mol. The summed E-state index contributed by atoms with van der Waals surface area (Å²) in [4.78, 5) is 14.5. The quantitative estimate of drug-likeness (QED) is 0.632. The van der Waals surface area contributed by atoms with Gasteiger partial charge < -0.3 is 10.6 Å². The molecule has 2 rings (SSSR count). The highest BCUT2D eigenvalue weighted by Crippen LogP contribution is 2.24. The lowest BCUT2D eigenvalue weighted by Crippen LogP contribution is -2.30. The summed E-state index contributed by atoms with van der Waals surface area (Å²) in [6.45, 7) is 4.02. The van der Waals surface area contributed by atoms with Crippen LogP contribution in [0.3, 0.4) is 0 Å². The number of carbonyl (C=O) groups excluding carboxylic acids is 1. The zero-order valence-corrected chi connectivity index (χ0v) is 14.6. The smallest absolute Gasteiger partial charge is 0.255 e. The number of hydrogen-bond acceptors (Lipinski definition) is 2. The fourth-order valence-corrected chi connectivity index (χ4v) is 2.81. The van der Waals surface area contributed by atoms with Crippen molar-refractivity contribution in [2.45, 2.75) is 19.9 Å². The second-order valence-corrected chi connectivity index (χ2v) is 6.28. The Morgan fingerprint density at radius 1 is 1.24 bits per heavy atom. The van der Waals surface area contributed by atoms with E-state index in [4.69, 9.17) is 5.73 Å². The van der Waals surface area contributed by atoms with Gasteiger partial charge in [0.15, 0.2) is 0 Å². The van der Waals surface area contributed by atoms with Crippen molar-refractivity contribution in [1.82, 2.24) is 4.90 Å². The molecule has 4 heteroatoms. The van der Waals surface area contributed by atoms with Gasteiger partial charge in [-0.05, 0) is 65.8 Å². The SMILES string of the molecule is Cc1cccc(C(=O)N(C)C(C)c2cccc(N)c2)c1I. The van der Waals surface area contributed by atoms with Gasteiger partial charge in [0.1, 0.15) is 0 Å². The Balaban J connectivity index is 2.29. The first-order valence-corrected chi connectivity index (χ1v) is 7.87. The largest absolute Gasteiger partial charge is 0.399 e. The summed E-state index contributed by atoms with van der Waals surface area (Å²) in [5, 5.41) is 0. The standard InChI is InChI=1S/C17H19IN2O/c1-11-6-4-9-15(16(11)18)17(21)20(3)12(2)13-7-5-8-14(19)10-13/h4-10,12H,19H2,1-3H3. The number of nitrogens with zero attached hydrogens (tertiary/aromatic N) is 1. The number of amides is 1. The summed E-state index contributed by atoms with van der Waals surface area (Å²) in [5.41, 5.74) is 9.43. The first kappa shape index (κ1) is 15.8. The summed E-state index contributed by atoms with van der Waals surface area (Å²) in [6, 6.07) is 13.4. The second-order valence-electron chi connectivity index (χ2n) is 5.20. The van der Waals surface area contributed by atoms with E-state index in [2.05, 4.69) is 22.6 Å². The van der Waals surface area contributed by atoms with Gasteiger partial charge in [-0.2, -0.15) is 0 Å². The Kier molecular flexibility index (Phi) is 4.88. The number of benzene rings is 2. The van der Waals surface area contributed by atoms with E-state index in [-0.39, 0.29) is 11.9 Å². The van der Waals surface area contributed by atoms with Crippen LogP contribution in [0.15, 0.2) is 42.5 Å². The molecule has 0 fully saturated rings. The molecule has 1 atom stereocenters. The molecule has 2 N–H and O–H groups in total. The second kappa shape index (κ2) is 6.47. The summed E-state index contributed by atoms with van der Waals surface area (Å²) < 4.78 is 1.01. The Hall–Kier alpha value is -1.56. The molecule has 2 aromatic rings. The maximum absolute atomic E-state index is 12.7. The number of aryl methyl sites for hydroxylation is 1. The maximum Gasteiger partial charge on any atom is 0.255 e. The molecule has 21 heavy (non-hydrogen) atoms. The normalized spacial score (nSPS) is 12.0. The molecule has 0 bridgehead atoms. The van der Waals surface area contributed by atoms with Gasteiger partial charge in [-0.25, -0.2) is 0 Å². The number of anilines is 1. The van der Waals surface area contributed by atoms with Gasteiger partial charge in [0.05, 0.1) is 11.6 Å². The van der Waals surface area contributed by atoms with Crippen LogP contribution in [-0.4, -0.2) is 17.9 Å². The summed E-state index contributed by atoms with van der Waals surface area (Å²) in [7, 11) is 1.83. The monoisotopic (exact) mass is 394 g/mol. The van der Waals surface area contributed by atoms with Crippen LogP contribution in [0.25, 0.3) is 0 Å². The van der Waals surface area contributed by atoms with Crippen LogP contribution in [0.2, 0.25) is 0 Å². The number of hydrogen-bond donors (Lipinski definition) is 1. The van der Waals surface area contributed by atoms with Crippen molar-refractivity contribution < 1.29 is 4.79 Å². The molecule has 0 spiro atoms. The molecule has 1 amide bonds. The van der Waals surface area contributed by atoms with Gasteiger partial charge in [-0.15, -0.1) is 0 Å². The third kappa shape index (κ3) is 3.37. The number of nitrogens with two attached hydrogens (primary N) is 1. The molecule has 1 unspecified atom stereocenters. The first-order valence-electron chi connectivity index (χ1n) is 6.79. The molecule has 0 radical (unpaired) electrons. The lowest BCUT2D eigenvalue weighted by Gasteiger charge is -2.26. The van der Waals surface area contributed by atoms with Gasteiger partial charge >= 0.3 is 0 Å². The topological polar surface area (TPSA) is 46.3 Å². The molecule has 0 saturated heterocycles. The zero-order valence-electron chi connectivity index (χ0n) is 12.4. The molecule has 0 aliphatic heterocycles. The lowest BCUT2D eigenvalue weighted by molar-refractivity contribution is 0.0741. The molecule has 0 aliphatic rings. The molecular weight excluding hydrogens is 375 g/mol. The van der Waals surface area contributed by atoms with Crippen molar-refractivity contribution in [3.63, 3.8) is 0 Å². The molecule has 3 nitrogen and oxygen atoms in total. The fraction of sp³-hybridized carbons (Fsp3) is 0.235. The number of halogens is 1. The van der Waals surface area contributed by atoms with Gasteiger partial charge in [-0.1, -0.05) is 24.3 Å². The highest BCUT2D eigenvalue weighted by molar-refractivity contribution is 14.1. The Morgan fingerprint density at radius 2 is 1.90 bits per heavy atom. The molecular formula is C17H19IN2O. The van der Waals surface area contributed by atoms with Gasteiger partial charge in [-0.3, -0.25) is 4.79 Å². The molecule has 0 aromatic heterocycles. The third-order valence-electron chi connectivity index (χ3n) is 3.72. The van der Waals surface area contributed by atoms with Crippen LogP contribution in [0.5, 0.6) is 0 Å². The van der Waals surface area contributed by atoms with Gasteiger partial charge in [0.2, 0.25) is 0 Å². The molecule has 0 heterocycles. The van der Waals surface area contributed by atoms with E-state index in [1.54, 1.807) is 4.90 Å². The maximum atomic E-state index is 12.7.